The Morgan fingerprint density at radius 2 is 2.15 bits per heavy atom. The second-order valence-electron chi connectivity index (χ2n) is 6.65. The van der Waals surface area contributed by atoms with Crippen molar-refractivity contribution in [2.24, 2.45) is 10.9 Å². The van der Waals surface area contributed by atoms with Crippen LogP contribution in [0.15, 0.2) is 29.3 Å². The molecule has 7 heteroatoms. The van der Waals surface area contributed by atoms with Gasteiger partial charge in [0.2, 0.25) is 0 Å². The van der Waals surface area contributed by atoms with Gasteiger partial charge in [0.25, 0.3) is 0 Å². The minimum absolute atomic E-state index is 0. The Kier molecular flexibility index (Phi) is 10.9. The van der Waals surface area contributed by atoms with Crippen molar-refractivity contribution in [2.75, 3.05) is 39.8 Å². The minimum atomic E-state index is -0.338. The highest BCUT2D eigenvalue weighted by atomic mass is 127. The van der Waals surface area contributed by atoms with E-state index in [1.54, 1.807) is 25.2 Å². The summed E-state index contributed by atoms with van der Waals surface area (Å²) >= 11 is 0. The molecule has 5 nitrogen and oxygen atoms in total. The molecule has 0 aliphatic carbocycles. The van der Waals surface area contributed by atoms with Gasteiger partial charge in [-0.2, -0.15) is 0 Å². The number of para-hydroxylation sites is 1. The van der Waals surface area contributed by atoms with Crippen molar-refractivity contribution in [1.82, 2.24) is 15.5 Å². The average Bonchev–Trinajstić information content (AvgIpc) is 3.05. The van der Waals surface area contributed by atoms with E-state index in [-0.39, 0.29) is 41.6 Å². The van der Waals surface area contributed by atoms with Crippen LogP contribution in [-0.4, -0.2) is 56.7 Å². The Bertz CT molecular complexity index is 558. The molecule has 2 atom stereocenters. The van der Waals surface area contributed by atoms with Crippen LogP contribution in [-0.2, 0) is 0 Å². The summed E-state index contributed by atoms with van der Waals surface area (Å²) < 4.78 is 19.2. The summed E-state index contributed by atoms with van der Waals surface area (Å²) in [6.07, 6.45) is 2.28. The second kappa shape index (κ2) is 12.3. The molecular weight excluding hydrogens is 446 g/mol. The first-order valence-electron chi connectivity index (χ1n) is 9.20. The normalized spacial score (nSPS) is 18.9. The number of rotatable bonds is 8. The van der Waals surface area contributed by atoms with Crippen molar-refractivity contribution in [3.63, 3.8) is 0 Å². The van der Waals surface area contributed by atoms with Crippen LogP contribution in [0.3, 0.4) is 0 Å². The van der Waals surface area contributed by atoms with Crippen LogP contribution >= 0.6 is 24.0 Å². The van der Waals surface area contributed by atoms with Crippen molar-refractivity contribution >= 4 is 29.9 Å². The standard InChI is InChI=1S/C19H31FN4O.HI/c1-4-10-24-11-9-16(14-24)13-23-19(21-3)22-12-15(2)25-18-8-6-5-7-17(18)20;/h5-8,15-16H,4,9-14H2,1-3H3,(H2,21,22,23);1H. The molecule has 1 heterocycles. The molecule has 26 heavy (non-hydrogen) atoms. The Morgan fingerprint density at radius 1 is 1.38 bits per heavy atom. The lowest BCUT2D eigenvalue weighted by molar-refractivity contribution is 0.214. The van der Waals surface area contributed by atoms with Gasteiger partial charge < -0.3 is 20.3 Å². The molecule has 0 bridgehead atoms. The summed E-state index contributed by atoms with van der Waals surface area (Å²) in [6, 6.07) is 6.46. The smallest absolute Gasteiger partial charge is 0.191 e. The Morgan fingerprint density at radius 3 is 2.85 bits per heavy atom. The lowest BCUT2D eigenvalue weighted by Gasteiger charge is -2.19. The summed E-state index contributed by atoms with van der Waals surface area (Å²) in [7, 11) is 1.76. The van der Waals surface area contributed by atoms with Gasteiger partial charge in [-0.25, -0.2) is 4.39 Å². The van der Waals surface area contributed by atoms with Gasteiger partial charge in [0.15, 0.2) is 17.5 Å². The van der Waals surface area contributed by atoms with Crippen molar-refractivity contribution in [3.8, 4) is 5.75 Å². The second-order valence-corrected chi connectivity index (χ2v) is 6.65. The van der Waals surface area contributed by atoms with E-state index in [1.165, 1.54) is 32.0 Å². The van der Waals surface area contributed by atoms with Crippen LogP contribution in [0.2, 0.25) is 0 Å². The maximum Gasteiger partial charge on any atom is 0.191 e. The van der Waals surface area contributed by atoms with Crippen LogP contribution in [0, 0.1) is 11.7 Å². The summed E-state index contributed by atoms with van der Waals surface area (Å²) in [6.45, 7) is 9.15. The third-order valence-corrected chi connectivity index (χ3v) is 4.41. The highest BCUT2D eigenvalue weighted by molar-refractivity contribution is 14.0. The molecule has 1 aromatic rings. The van der Waals surface area contributed by atoms with Gasteiger partial charge in [-0.15, -0.1) is 24.0 Å². The molecule has 148 valence electrons. The molecule has 0 saturated carbocycles. The van der Waals surface area contributed by atoms with Crippen LogP contribution in [0.5, 0.6) is 5.75 Å². The molecule has 0 radical (unpaired) electrons. The number of ether oxygens (including phenoxy) is 1. The Balaban J connectivity index is 0.00000338. The highest BCUT2D eigenvalue weighted by Gasteiger charge is 2.21. The zero-order chi connectivity index (χ0) is 18.1. The number of nitrogens with zero attached hydrogens (tertiary/aromatic N) is 2. The first-order chi connectivity index (χ1) is 12.1. The number of nitrogens with one attached hydrogen (secondary N) is 2. The molecule has 1 aliphatic rings. The third kappa shape index (κ3) is 7.65. The molecule has 2 rings (SSSR count). The van der Waals surface area contributed by atoms with Crippen molar-refractivity contribution in [1.29, 1.82) is 0 Å². The minimum Gasteiger partial charge on any atom is -0.486 e. The molecular formula is C19H32FIN4O. The van der Waals surface area contributed by atoms with Crippen LogP contribution in [0.4, 0.5) is 4.39 Å². The maximum atomic E-state index is 13.6. The largest absolute Gasteiger partial charge is 0.486 e. The number of halogens is 2. The highest BCUT2D eigenvalue weighted by Crippen LogP contribution is 2.17. The van der Waals surface area contributed by atoms with E-state index in [4.69, 9.17) is 4.74 Å². The number of benzene rings is 1. The molecule has 2 N–H and O–H groups in total. The number of guanidine groups is 1. The van der Waals surface area contributed by atoms with Gasteiger partial charge in [-0.1, -0.05) is 19.1 Å². The predicted octanol–water partition coefficient (Wildman–Crippen LogP) is 3.11. The molecule has 1 saturated heterocycles. The lowest BCUT2D eigenvalue weighted by atomic mass is 10.1. The predicted molar refractivity (Wildman–Crippen MR) is 116 cm³/mol. The number of likely N-dealkylation sites (tertiary alicyclic amines) is 1. The summed E-state index contributed by atoms with van der Waals surface area (Å²) in [5.74, 6) is 1.37. The fraction of sp³-hybridized carbons (Fsp3) is 0.632. The number of aliphatic imine (C=N–C) groups is 1. The monoisotopic (exact) mass is 478 g/mol. The summed E-state index contributed by atoms with van der Waals surface area (Å²) in [5.41, 5.74) is 0. The third-order valence-electron chi connectivity index (χ3n) is 4.41. The molecule has 0 aromatic heterocycles. The molecule has 1 aromatic carbocycles. The van der Waals surface area contributed by atoms with Crippen LogP contribution in [0.1, 0.15) is 26.7 Å². The van der Waals surface area contributed by atoms with Gasteiger partial charge in [0.1, 0.15) is 6.10 Å². The van der Waals surface area contributed by atoms with E-state index in [2.05, 4.69) is 27.4 Å². The first kappa shape index (κ1) is 23.0. The quantitative estimate of drug-likeness (QED) is 0.343. The van der Waals surface area contributed by atoms with E-state index in [9.17, 15) is 4.39 Å². The zero-order valence-corrected chi connectivity index (χ0v) is 18.3. The van der Waals surface area contributed by atoms with Crippen molar-refractivity contribution < 1.29 is 9.13 Å². The molecule has 0 spiro atoms. The van der Waals surface area contributed by atoms with Crippen molar-refractivity contribution in [2.45, 2.75) is 32.8 Å². The van der Waals surface area contributed by atoms with Gasteiger partial charge in [0, 0.05) is 20.1 Å². The average molecular weight is 478 g/mol. The Hall–Kier alpha value is -1.09. The molecule has 0 amide bonds. The number of hydrogen-bond acceptors (Lipinski definition) is 3. The van der Waals surface area contributed by atoms with Crippen LogP contribution < -0.4 is 15.4 Å². The fourth-order valence-corrected chi connectivity index (χ4v) is 3.10. The summed E-state index contributed by atoms with van der Waals surface area (Å²) in [5, 5.41) is 6.63. The van der Waals surface area contributed by atoms with E-state index >= 15 is 0 Å². The van der Waals surface area contributed by atoms with Gasteiger partial charge in [-0.3, -0.25) is 4.99 Å². The molecule has 2 unspecified atom stereocenters. The summed E-state index contributed by atoms with van der Waals surface area (Å²) in [4.78, 5) is 6.77. The number of hydrogen-bond donors (Lipinski definition) is 2. The van der Waals surface area contributed by atoms with Crippen molar-refractivity contribution in [3.05, 3.63) is 30.1 Å². The van der Waals surface area contributed by atoms with E-state index < -0.39 is 0 Å². The maximum absolute atomic E-state index is 13.6. The topological polar surface area (TPSA) is 48.9 Å². The molecule has 1 aliphatic heterocycles. The van der Waals surface area contributed by atoms with Gasteiger partial charge in [0.05, 0.1) is 6.54 Å². The Labute approximate surface area is 173 Å². The van der Waals surface area contributed by atoms with E-state index in [1.807, 2.05) is 6.92 Å². The fourth-order valence-electron chi connectivity index (χ4n) is 3.10. The zero-order valence-electron chi connectivity index (χ0n) is 16.0. The lowest BCUT2D eigenvalue weighted by Crippen LogP contribution is -2.43. The molecule has 1 fully saturated rings. The SMILES string of the molecule is CCCN1CCC(CNC(=NC)NCC(C)Oc2ccccc2F)C1.I. The van der Waals surface area contributed by atoms with Crippen LogP contribution in [0.25, 0.3) is 0 Å². The van der Waals surface area contributed by atoms with E-state index in [0.717, 1.165) is 19.0 Å². The van der Waals surface area contributed by atoms with E-state index in [0.29, 0.717) is 12.5 Å². The first-order valence-corrected chi connectivity index (χ1v) is 9.20. The van der Waals surface area contributed by atoms with Gasteiger partial charge in [-0.05, 0) is 50.9 Å². The van der Waals surface area contributed by atoms with Gasteiger partial charge >= 0.3 is 0 Å².